The molecule has 0 amide bonds. The molecule has 0 bridgehead atoms. The first-order valence-electron chi connectivity index (χ1n) is 14.9. The minimum Gasteiger partial charge on any atom is -0.307 e. The van der Waals surface area contributed by atoms with Gasteiger partial charge in [0.05, 0.1) is 14.1 Å². The monoisotopic (exact) mass is 803 g/mol. The number of hydrogen-bond donors (Lipinski definition) is 1. The van der Waals surface area contributed by atoms with E-state index >= 15 is 26.3 Å². The SMILES string of the molecule is C[NH+](C)c1ccccc1.C[Si](C)(Cl)c1ccc([B-](c2c(F)c(F)c(F)c(F)c2F)(c2c(F)c(F)c(F)c(F)c2F)c2c(F)c(F)c(F)c(F)c2F)cc1. The first-order chi connectivity index (χ1) is 24.5. The zero-order valence-corrected chi connectivity index (χ0v) is 29.1. The van der Waals surface area contributed by atoms with Crippen molar-refractivity contribution in [2.24, 2.45) is 0 Å². The molecule has 0 unspecified atom stereocenters. The van der Waals surface area contributed by atoms with Crippen molar-refractivity contribution in [1.82, 2.24) is 0 Å². The maximum atomic E-state index is 15.6. The Morgan fingerprint density at radius 3 is 0.906 bits per heavy atom. The van der Waals surface area contributed by atoms with Crippen LogP contribution in [-0.4, -0.2) is 27.6 Å². The minimum atomic E-state index is -5.80. The normalized spacial score (nSPS) is 11.9. The Morgan fingerprint density at radius 2 is 0.679 bits per heavy atom. The van der Waals surface area contributed by atoms with Gasteiger partial charge in [-0.05, 0) is 17.3 Å². The molecule has 0 aliphatic rings. The molecule has 19 heteroatoms. The number of nitrogens with one attached hydrogen (secondary N) is 1. The van der Waals surface area contributed by atoms with Crippen LogP contribution in [0.4, 0.5) is 71.5 Å². The summed E-state index contributed by atoms with van der Waals surface area (Å²) in [5, 5.41) is 0.0971. The van der Waals surface area contributed by atoms with Crippen molar-refractivity contribution >= 4 is 57.3 Å². The van der Waals surface area contributed by atoms with E-state index in [-0.39, 0.29) is 5.19 Å². The standard InChI is InChI=1S/C26H10BClF15Si.C8H11N/c1-44(2,28)8-5-3-7(4-6-8)27(9-12(29)18(35)24(41)19(36)13(9)30,10-14(31)20(37)25(42)21(38)15(10)32)11-16(33)22(39)26(43)23(40)17(11)34;1-9(2)8-6-4-3-5-7-8/h3-6H,1-2H3;3-7H,1-2H3/q-1;/p+1. The number of benzene rings is 5. The maximum Gasteiger partial charge on any atom is 0.200 e. The Hall–Kier alpha value is -4.42. The van der Waals surface area contributed by atoms with Gasteiger partial charge in [0.1, 0.15) is 46.7 Å². The van der Waals surface area contributed by atoms with E-state index in [9.17, 15) is 39.5 Å². The quantitative estimate of drug-likeness (QED) is 0.0681. The second-order valence-corrected chi connectivity index (χ2v) is 18.6. The van der Waals surface area contributed by atoms with E-state index in [0.29, 0.717) is 12.1 Å². The fourth-order valence-electron chi connectivity index (χ4n) is 5.88. The van der Waals surface area contributed by atoms with Gasteiger partial charge in [-0.2, -0.15) is 16.5 Å². The number of para-hydroxylation sites is 1. The molecule has 53 heavy (non-hydrogen) atoms. The lowest BCUT2D eigenvalue weighted by molar-refractivity contribution is -0.786. The van der Waals surface area contributed by atoms with E-state index in [1.807, 2.05) is 6.07 Å². The molecule has 0 aromatic heterocycles. The van der Waals surface area contributed by atoms with E-state index in [1.54, 1.807) is 0 Å². The molecular weight excluding hydrogens is 782 g/mol. The fraction of sp³-hybridized carbons (Fsp3) is 0.118. The highest BCUT2D eigenvalue weighted by Gasteiger charge is 2.49. The highest BCUT2D eigenvalue weighted by Crippen LogP contribution is 2.28. The predicted molar refractivity (Wildman–Crippen MR) is 171 cm³/mol. The highest BCUT2D eigenvalue weighted by molar-refractivity contribution is 7.26. The van der Waals surface area contributed by atoms with Gasteiger partial charge < -0.3 is 4.90 Å². The van der Waals surface area contributed by atoms with Gasteiger partial charge >= 0.3 is 0 Å². The molecule has 0 aliphatic carbocycles. The van der Waals surface area contributed by atoms with Crippen LogP contribution in [0.3, 0.4) is 0 Å². The average molecular weight is 804 g/mol. The predicted octanol–water partition coefficient (Wildman–Crippen LogP) is 6.26. The van der Waals surface area contributed by atoms with Gasteiger partial charge in [0.25, 0.3) is 0 Å². The Morgan fingerprint density at radius 1 is 0.415 bits per heavy atom. The molecule has 0 fully saturated rings. The lowest BCUT2D eigenvalue weighted by Crippen LogP contribution is -3.00. The molecule has 1 N–H and O–H groups in total. The molecule has 0 saturated heterocycles. The molecular formula is C34H22BClF15NSi. The first kappa shape index (κ1) is 41.3. The van der Waals surface area contributed by atoms with Crippen LogP contribution in [0.15, 0.2) is 54.6 Å². The van der Waals surface area contributed by atoms with E-state index in [1.165, 1.54) is 23.7 Å². The van der Waals surface area contributed by atoms with Gasteiger partial charge in [-0.15, -0.1) is 16.4 Å². The van der Waals surface area contributed by atoms with Crippen LogP contribution in [-0.2, 0) is 0 Å². The largest absolute Gasteiger partial charge is 0.307 e. The summed E-state index contributed by atoms with van der Waals surface area (Å²) in [5.74, 6) is -45.7. The van der Waals surface area contributed by atoms with Gasteiger partial charge in [0, 0.05) is 0 Å². The van der Waals surface area contributed by atoms with Crippen LogP contribution in [0.5, 0.6) is 0 Å². The molecule has 0 spiro atoms. The Bertz CT molecular complexity index is 1960. The van der Waals surface area contributed by atoms with Gasteiger partial charge in [0.15, 0.2) is 59.7 Å². The topological polar surface area (TPSA) is 4.44 Å². The second-order valence-electron chi connectivity index (χ2n) is 12.3. The fourth-order valence-corrected chi connectivity index (χ4v) is 7.22. The molecule has 0 aliphatic heterocycles. The number of quaternary nitrogens is 1. The molecule has 5 aromatic carbocycles. The number of halogens is 16. The first-order valence-corrected chi connectivity index (χ1v) is 18.9. The summed E-state index contributed by atoms with van der Waals surface area (Å²) in [4.78, 5) is 1.37. The molecule has 0 heterocycles. The minimum absolute atomic E-state index is 0.0971. The molecule has 0 saturated carbocycles. The zero-order chi connectivity index (χ0) is 40.1. The van der Waals surface area contributed by atoms with Crippen molar-refractivity contribution < 1.29 is 70.8 Å². The van der Waals surface area contributed by atoms with Gasteiger partial charge in [0.2, 0.25) is 0 Å². The van der Waals surface area contributed by atoms with Crippen LogP contribution in [0.25, 0.3) is 0 Å². The molecule has 1 nitrogen and oxygen atoms in total. The van der Waals surface area contributed by atoms with Gasteiger partial charge in [-0.25, -0.2) is 65.9 Å². The third kappa shape index (κ3) is 6.91. The summed E-state index contributed by atoms with van der Waals surface area (Å²) in [7, 11) is 1.27. The summed E-state index contributed by atoms with van der Waals surface area (Å²) in [5.41, 5.74) is -8.16. The van der Waals surface area contributed by atoms with Crippen LogP contribution >= 0.6 is 11.1 Å². The van der Waals surface area contributed by atoms with Gasteiger partial charge in [-0.3, -0.25) is 0 Å². The summed E-state index contributed by atoms with van der Waals surface area (Å²) in [6, 6.07) is 12.9. The highest BCUT2D eigenvalue weighted by atomic mass is 35.6. The summed E-state index contributed by atoms with van der Waals surface area (Å²) >= 11 is 6.27. The summed E-state index contributed by atoms with van der Waals surface area (Å²) in [6.07, 6.45) is -5.80. The van der Waals surface area contributed by atoms with Crippen molar-refractivity contribution in [3.8, 4) is 0 Å². The lowest BCUT2D eigenvalue weighted by atomic mass is 9.12. The molecule has 5 aromatic rings. The molecule has 0 radical (unpaired) electrons. The van der Waals surface area contributed by atoms with Crippen LogP contribution in [0.2, 0.25) is 13.1 Å². The van der Waals surface area contributed by atoms with Crippen molar-refractivity contribution in [1.29, 1.82) is 0 Å². The smallest absolute Gasteiger partial charge is 0.200 e. The third-order valence-electron chi connectivity index (χ3n) is 8.48. The Balaban J connectivity index is 0.000000608. The molecule has 282 valence electrons. The Labute approximate surface area is 296 Å². The van der Waals surface area contributed by atoms with Crippen LogP contribution < -0.4 is 31.9 Å². The summed E-state index contributed by atoms with van der Waals surface area (Å²) in [6.45, 7) is 2.89. The second kappa shape index (κ2) is 15.1. The van der Waals surface area contributed by atoms with Gasteiger partial charge in [-0.1, -0.05) is 55.6 Å². The molecule has 5 rings (SSSR count). The van der Waals surface area contributed by atoms with Crippen molar-refractivity contribution in [2.45, 2.75) is 13.1 Å². The lowest BCUT2D eigenvalue weighted by Gasteiger charge is -2.44. The van der Waals surface area contributed by atoms with E-state index in [0.717, 1.165) is 12.1 Å². The van der Waals surface area contributed by atoms with E-state index in [4.69, 9.17) is 11.1 Å². The molecule has 0 atom stereocenters. The maximum absolute atomic E-state index is 15.6. The number of hydrogen-bond acceptors (Lipinski definition) is 0. The van der Waals surface area contributed by atoms with E-state index in [2.05, 4.69) is 38.4 Å². The van der Waals surface area contributed by atoms with Crippen LogP contribution in [0, 0.1) is 87.3 Å². The zero-order valence-electron chi connectivity index (χ0n) is 27.3. The number of rotatable bonds is 6. The van der Waals surface area contributed by atoms with Crippen molar-refractivity contribution in [3.05, 3.63) is 142 Å². The van der Waals surface area contributed by atoms with Crippen LogP contribution in [0.1, 0.15) is 0 Å². The Kier molecular flexibility index (Phi) is 11.8. The van der Waals surface area contributed by atoms with Crippen molar-refractivity contribution in [2.75, 3.05) is 14.1 Å². The summed E-state index contributed by atoms with van der Waals surface area (Å²) < 4.78 is 223. The van der Waals surface area contributed by atoms with Crippen molar-refractivity contribution in [3.63, 3.8) is 0 Å². The third-order valence-corrected chi connectivity index (χ3v) is 10.8. The van der Waals surface area contributed by atoms with E-state index < -0.39 is 123 Å². The average Bonchev–Trinajstić information content (AvgIpc) is 3.13.